The number of rotatable bonds is 7. The molecular weight excluding hydrogens is 252 g/mol. The van der Waals surface area contributed by atoms with Gasteiger partial charge >= 0.3 is 0 Å². The summed E-state index contributed by atoms with van der Waals surface area (Å²) in [6, 6.07) is 0.539. The molecule has 0 bridgehead atoms. The molecular formula is C16H34N2O2. The highest BCUT2D eigenvalue weighted by Gasteiger charge is 2.25. The lowest BCUT2D eigenvalue weighted by Crippen LogP contribution is -2.51. The highest BCUT2D eigenvalue weighted by atomic mass is 16.5. The van der Waals surface area contributed by atoms with Crippen LogP contribution in [0.3, 0.4) is 0 Å². The zero-order chi connectivity index (χ0) is 15.2. The third-order valence-corrected chi connectivity index (χ3v) is 3.68. The molecule has 1 aliphatic heterocycles. The van der Waals surface area contributed by atoms with Gasteiger partial charge in [0.25, 0.3) is 0 Å². The second-order valence-corrected chi connectivity index (χ2v) is 7.31. The van der Waals surface area contributed by atoms with Crippen LogP contribution < -0.4 is 5.32 Å². The van der Waals surface area contributed by atoms with Crippen LogP contribution in [0.25, 0.3) is 0 Å². The Morgan fingerprint density at radius 1 is 1.30 bits per heavy atom. The first-order chi connectivity index (χ1) is 9.28. The third kappa shape index (κ3) is 7.58. The number of aliphatic hydroxyl groups excluding tert-OH is 1. The van der Waals surface area contributed by atoms with E-state index < -0.39 is 0 Å². The fourth-order valence-electron chi connectivity index (χ4n) is 2.58. The van der Waals surface area contributed by atoms with E-state index in [9.17, 15) is 5.11 Å². The highest BCUT2D eigenvalue weighted by molar-refractivity contribution is 4.83. The molecule has 0 aromatic heterocycles. The Balaban J connectivity index is 2.39. The number of nitrogens with one attached hydrogen (secondary N) is 1. The zero-order valence-corrected chi connectivity index (χ0v) is 14.0. The number of hydrogen-bond donors (Lipinski definition) is 2. The molecule has 1 heterocycles. The quantitative estimate of drug-likeness (QED) is 0.751. The standard InChI is InChI=1S/C16H34N2O2/c1-13(2)20-12-15(19)11-18-9-7-6-8-14(18)10-17-16(3,4)5/h13-15,17,19H,6-12H2,1-5H3. The summed E-state index contributed by atoms with van der Waals surface area (Å²) in [4.78, 5) is 2.43. The summed E-state index contributed by atoms with van der Waals surface area (Å²) in [6.07, 6.45) is 3.56. The van der Waals surface area contributed by atoms with Gasteiger partial charge in [0.1, 0.15) is 0 Å². The molecule has 0 aliphatic carbocycles. The van der Waals surface area contributed by atoms with Gasteiger partial charge < -0.3 is 15.2 Å². The van der Waals surface area contributed by atoms with Crippen LogP contribution in [0.1, 0.15) is 53.9 Å². The Bertz CT molecular complexity index is 264. The predicted molar refractivity (Wildman–Crippen MR) is 84.1 cm³/mol. The van der Waals surface area contributed by atoms with Crippen molar-refractivity contribution in [3.63, 3.8) is 0 Å². The van der Waals surface area contributed by atoms with E-state index in [4.69, 9.17) is 4.74 Å². The maximum Gasteiger partial charge on any atom is 0.0900 e. The molecule has 1 rings (SSSR count). The smallest absolute Gasteiger partial charge is 0.0900 e. The monoisotopic (exact) mass is 286 g/mol. The van der Waals surface area contributed by atoms with Crippen molar-refractivity contribution in [3.8, 4) is 0 Å². The van der Waals surface area contributed by atoms with Gasteiger partial charge in [0.2, 0.25) is 0 Å². The molecule has 2 atom stereocenters. The SMILES string of the molecule is CC(C)OCC(O)CN1CCCCC1CNC(C)(C)C. The van der Waals surface area contributed by atoms with E-state index in [0.717, 1.165) is 19.6 Å². The van der Waals surface area contributed by atoms with Gasteiger partial charge in [-0.05, 0) is 54.0 Å². The number of aliphatic hydroxyl groups is 1. The van der Waals surface area contributed by atoms with E-state index in [2.05, 4.69) is 31.0 Å². The van der Waals surface area contributed by atoms with E-state index >= 15 is 0 Å². The van der Waals surface area contributed by atoms with Crippen molar-refractivity contribution in [2.75, 3.05) is 26.2 Å². The molecule has 2 N–H and O–H groups in total. The lowest BCUT2D eigenvalue weighted by Gasteiger charge is -2.38. The van der Waals surface area contributed by atoms with Crippen LogP contribution in [-0.2, 0) is 4.74 Å². The minimum atomic E-state index is -0.382. The van der Waals surface area contributed by atoms with Gasteiger partial charge in [0.15, 0.2) is 0 Å². The number of ether oxygens (including phenoxy) is 1. The van der Waals surface area contributed by atoms with Gasteiger partial charge in [-0.25, -0.2) is 0 Å². The maximum absolute atomic E-state index is 10.1. The van der Waals surface area contributed by atoms with Crippen LogP contribution in [0, 0.1) is 0 Å². The summed E-state index contributed by atoms with van der Waals surface area (Å²) in [5.41, 5.74) is 0.155. The molecule has 4 nitrogen and oxygen atoms in total. The molecule has 0 amide bonds. The largest absolute Gasteiger partial charge is 0.389 e. The van der Waals surface area contributed by atoms with Crippen LogP contribution in [0.4, 0.5) is 0 Å². The van der Waals surface area contributed by atoms with Crippen molar-refractivity contribution in [2.45, 2.75) is 77.7 Å². The molecule has 1 aliphatic rings. The van der Waals surface area contributed by atoms with Gasteiger partial charge in [-0.3, -0.25) is 4.90 Å². The van der Waals surface area contributed by atoms with E-state index in [1.165, 1.54) is 19.3 Å². The average molecular weight is 286 g/mol. The first kappa shape index (κ1) is 17.9. The van der Waals surface area contributed by atoms with Gasteiger partial charge in [-0.2, -0.15) is 0 Å². The van der Waals surface area contributed by atoms with Crippen molar-refractivity contribution < 1.29 is 9.84 Å². The number of β-amino-alcohol motifs (C(OH)–C–C–N with tert-alkyl or cyclic N) is 1. The average Bonchev–Trinajstić information content (AvgIpc) is 2.34. The Morgan fingerprint density at radius 3 is 2.60 bits per heavy atom. The molecule has 20 heavy (non-hydrogen) atoms. The van der Waals surface area contributed by atoms with Crippen molar-refractivity contribution in [3.05, 3.63) is 0 Å². The van der Waals surface area contributed by atoms with E-state index in [1.54, 1.807) is 0 Å². The summed E-state index contributed by atoms with van der Waals surface area (Å²) in [7, 11) is 0. The van der Waals surface area contributed by atoms with Crippen molar-refractivity contribution in [2.24, 2.45) is 0 Å². The summed E-state index contributed by atoms with van der Waals surface area (Å²) >= 11 is 0. The van der Waals surface area contributed by atoms with E-state index in [0.29, 0.717) is 12.6 Å². The predicted octanol–water partition coefficient (Wildman–Crippen LogP) is 2.01. The number of piperidine rings is 1. The first-order valence-corrected chi connectivity index (χ1v) is 8.06. The fraction of sp³-hybridized carbons (Fsp3) is 1.00. The van der Waals surface area contributed by atoms with Crippen LogP contribution in [0.2, 0.25) is 0 Å². The lowest BCUT2D eigenvalue weighted by molar-refractivity contribution is -0.0187. The van der Waals surface area contributed by atoms with E-state index in [1.807, 2.05) is 13.8 Å². The lowest BCUT2D eigenvalue weighted by atomic mass is 10.00. The van der Waals surface area contributed by atoms with Crippen LogP contribution in [0.15, 0.2) is 0 Å². The number of nitrogens with zero attached hydrogens (tertiary/aromatic N) is 1. The van der Waals surface area contributed by atoms with Gasteiger partial charge in [-0.1, -0.05) is 6.42 Å². The van der Waals surface area contributed by atoms with Crippen LogP contribution in [-0.4, -0.2) is 60.0 Å². The van der Waals surface area contributed by atoms with Crippen molar-refractivity contribution in [1.29, 1.82) is 0 Å². The molecule has 0 spiro atoms. The third-order valence-electron chi connectivity index (χ3n) is 3.68. The normalized spacial score (nSPS) is 23.2. The topological polar surface area (TPSA) is 44.7 Å². The summed E-state index contributed by atoms with van der Waals surface area (Å²) in [5, 5.41) is 13.7. The van der Waals surface area contributed by atoms with Crippen LogP contribution in [0.5, 0.6) is 0 Å². The number of hydrogen-bond acceptors (Lipinski definition) is 4. The molecule has 0 aromatic rings. The van der Waals surface area contributed by atoms with Gasteiger partial charge in [0, 0.05) is 24.7 Å². The van der Waals surface area contributed by atoms with Gasteiger partial charge in [0.05, 0.1) is 18.8 Å². The minimum absolute atomic E-state index is 0.155. The Morgan fingerprint density at radius 2 is 2.00 bits per heavy atom. The molecule has 4 heteroatoms. The molecule has 1 fully saturated rings. The molecule has 0 radical (unpaired) electrons. The summed E-state index contributed by atoms with van der Waals surface area (Å²) in [6.45, 7) is 13.9. The Labute approximate surface area is 124 Å². The second-order valence-electron chi connectivity index (χ2n) is 7.31. The fourth-order valence-corrected chi connectivity index (χ4v) is 2.58. The zero-order valence-electron chi connectivity index (χ0n) is 14.0. The molecule has 0 aromatic carbocycles. The van der Waals surface area contributed by atoms with Crippen molar-refractivity contribution in [1.82, 2.24) is 10.2 Å². The summed E-state index contributed by atoms with van der Waals surface area (Å²) in [5.74, 6) is 0. The Kier molecular flexibility index (Phi) is 7.45. The maximum atomic E-state index is 10.1. The summed E-state index contributed by atoms with van der Waals surface area (Å²) < 4.78 is 5.50. The van der Waals surface area contributed by atoms with Crippen LogP contribution >= 0.6 is 0 Å². The van der Waals surface area contributed by atoms with Gasteiger partial charge in [-0.15, -0.1) is 0 Å². The van der Waals surface area contributed by atoms with Crippen molar-refractivity contribution >= 4 is 0 Å². The number of likely N-dealkylation sites (tertiary alicyclic amines) is 1. The first-order valence-electron chi connectivity index (χ1n) is 8.06. The molecule has 1 saturated heterocycles. The Hall–Kier alpha value is -0.160. The molecule has 2 unspecified atom stereocenters. The van der Waals surface area contributed by atoms with E-state index in [-0.39, 0.29) is 17.7 Å². The molecule has 120 valence electrons. The minimum Gasteiger partial charge on any atom is -0.389 e. The molecule has 0 saturated carbocycles. The second kappa shape index (κ2) is 8.32. The highest BCUT2D eigenvalue weighted by Crippen LogP contribution is 2.17.